The molecule has 0 bridgehead atoms. The van der Waals surface area contributed by atoms with Crippen LogP contribution in [-0.2, 0) is 16.1 Å². The lowest BCUT2D eigenvalue weighted by Gasteiger charge is -1.93. The molecular weight excluding hydrogens is 208 g/mol. The van der Waals surface area contributed by atoms with Gasteiger partial charge in [0.05, 0.1) is 0 Å². The number of carbonyl (C=O) groups is 1. The van der Waals surface area contributed by atoms with Crippen LogP contribution in [0.4, 0.5) is 5.95 Å². The van der Waals surface area contributed by atoms with E-state index in [0.717, 1.165) is 5.01 Å². The molecule has 0 aromatic carbocycles. The van der Waals surface area contributed by atoms with Crippen LogP contribution < -0.4 is 5.73 Å². The number of aromatic nitrogens is 2. The summed E-state index contributed by atoms with van der Waals surface area (Å²) in [4.78, 5) is 18.5. The Labute approximate surface area is 83.4 Å². The van der Waals surface area contributed by atoms with E-state index in [1.807, 2.05) is 0 Å². The van der Waals surface area contributed by atoms with Gasteiger partial charge in [0.2, 0.25) is 5.95 Å². The molecule has 3 N–H and O–H groups in total. The number of carboxylic acids is 1. The van der Waals surface area contributed by atoms with Crippen molar-refractivity contribution in [1.82, 2.24) is 9.36 Å². The first-order chi connectivity index (χ1) is 6.68. The smallest absolute Gasteiger partial charge is 0.350 e. The maximum Gasteiger partial charge on any atom is 0.350 e. The van der Waals surface area contributed by atoms with Crippen LogP contribution in [0.1, 0.15) is 5.01 Å². The summed E-state index contributed by atoms with van der Waals surface area (Å²) in [7, 11) is 0. The normalized spacial score (nSPS) is 10.6. The van der Waals surface area contributed by atoms with E-state index in [4.69, 9.17) is 10.8 Å². The lowest BCUT2D eigenvalue weighted by Crippen LogP contribution is -1.98. The molecule has 0 saturated carbocycles. The van der Waals surface area contributed by atoms with Gasteiger partial charge in [0.15, 0.2) is 6.21 Å². The number of oxime groups is 1. The highest BCUT2D eigenvalue weighted by atomic mass is 32.1. The predicted octanol–water partition coefficient (Wildman–Crippen LogP) is -0.250. The summed E-state index contributed by atoms with van der Waals surface area (Å²) in [5, 5.41) is 12.1. The van der Waals surface area contributed by atoms with E-state index in [1.54, 1.807) is 0 Å². The van der Waals surface area contributed by atoms with Crippen molar-refractivity contribution in [1.29, 1.82) is 0 Å². The van der Waals surface area contributed by atoms with E-state index in [-0.39, 0.29) is 12.6 Å². The molecule has 0 spiro atoms. The SMILES string of the molecule is Nc1nsc(CCO/N=C\C(=O)O)n1. The van der Waals surface area contributed by atoms with E-state index in [2.05, 4.69) is 19.4 Å². The number of anilines is 1. The zero-order chi connectivity index (χ0) is 10.4. The highest BCUT2D eigenvalue weighted by molar-refractivity contribution is 7.05. The molecular formula is C6H8N4O3S. The van der Waals surface area contributed by atoms with Gasteiger partial charge >= 0.3 is 5.97 Å². The Morgan fingerprint density at radius 3 is 3.14 bits per heavy atom. The molecule has 0 aliphatic heterocycles. The molecule has 14 heavy (non-hydrogen) atoms. The molecule has 1 aromatic heterocycles. The third-order valence-electron chi connectivity index (χ3n) is 1.13. The third-order valence-corrected chi connectivity index (χ3v) is 1.91. The Morgan fingerprint density at radius 1 is 1.79 bits per heavy atom. The largest absolute Gasteiger partial charge is 0.477 e. The molecule has 0 aliphatic rings. The average Bonchev–Trinajstić information content (AvgIpc) is 2.50. The van der Waals surface area contributed by atoms with Crippen molar-refractivity contribution in [2.45, 2.75) is 6.42 Å². The first-order valence-electron chi connectivity index (χ1n) is 3.65. The Bertz CT molecular complexity index is 338. The fourth-order valence-electron chi connectivity index (χ4n) is 0.638. The van der Waals surface area contributed by atoms with Gasteiger partial charge in [-0.3, -0.25) is 0 Å². The summed E-state index contributed by atoms with van der Waals surface area (Å²) >= 11 is 1.18. The molecule has 8 heteroatoms. The third kappa shape index (κ3) is 3.81. The van der Waals surface area contributed by atoms with E-state index in [1.165, 1.54) is 11.5 Å². The summed E-state index contributed by atoms with van der Waals surface area (Å²) < 4.78 is 3.76. The van der Waals surface area contributed by atoms with Gasteiger partial charge in [-0.25, -0.2) is 9.78 Å². The van der Waals surface area contributed by atoms with Crippen molar-refractivity contribution in [3.05, 3.63) is 5.01 Å². The Morgan fingerprint density at radius 2 is 2.57 bits per heavy atom. The van der Waals surface area contributed by atoms with Crippen LogP contribution in [-0.4, -0.2) is 33.3 Å². The first kappa shape index (κ1) is 10.4. The first-order valence-corrected chi connectivity index (χ1v) is 4.42. The number of nitrogens with two attached hydrogens (primary N) is 1. The van der Waals surface area contributed by atoms with Crippen molar-refractivity contribution in [3.63, 3.8) is 0 Å². The van der Waals surface area contributed by atoms with Gasteiger partial charge in [0.25, 0.3) is 0 Å². The highest BCUT2D eigenvalue weighted by Gasteiger charge is 1.99. The number of hydrogen-bond acceptors (Lipinski definition) is 7. The maximum absolute atomic E-state index is 9.97. The minimum absolute atomic E-state index is 0.235. The summed E-state index contributed by atoms with van der Waals surface area (Å²) in [6, 6.07) is 0. The fraction of sp³-hybridized carbons (Fsp3) is 0.333. The number of carboxylic acid groups (broad SMARTS) is 1. The second kappa shape index (κ2) is 5.12. The van der Waals surface area contributed by atoms with E-state index in [9.17, 15) is 4.79 Å². The predicted molar refractivity (Wildman–Crippen MR) is 50.1 cm³/mol. The number of nitrogens with zero attached hydrogens (tertiary/aromatic N) is 3. The van der Waals surface area contributed by atoms with Gasteiger partial charge in [-0.2, -0.15) is 4.37 Å². The van der Waals surface area contributed by atoms with Crippen LogP contribution in [0.3, 0.4) is 0 Å². The van der Waals surface area contributed by atoms with Gasteiger partial charge in [0, 0.05) is 6.42 Å². The second-order valence-electron chi connectivity index (χ2n) is 2.20. The molecule has 0 atom stereocenters. The summed E-state index contributed by atoms with van der Waals surface area (Å²) in [6.07, 6.45) is 1.18. The van der Waals surface area contributed by atoms with Crippen molar-refractivity contribution >= 4 is 29.7 Å². The molecule has 1 heterocycles. The maximum atomic E-state index is 9.97. The van der Waals surface area contributed by atoms with E-state index in [0.29, 0.717) is 12.6 Å². The minimum atomic E-state index is -1.15. The number of hydrogen-bond donors (Lipinski definition) is 2. The monoisotopic (exact) mass is 216 g/mol. The molecule has 76 valence electrons. The van der Waals surface area contributed by atoms with Gasteiger partial charge in [-0.15, -0.1) is 0 Å². The summed E-state index contributed by atoms with van der Waals surface area (Å²) in [5.41, 5.74) is 5.29. The topological polar surface area (TPSA) is 111 Å². The highest BCUT2D eigenvalue weighted by Crippen LogP contribution is 2.05. The van der Waals surface area contributed by atoms with E-state index >= 15 is 0 Å². The molecule has 1 aromatic rings. The molecule has 0 amide bonds. The molecule has 0 radical (unpaired) electrons. The Kier molecular flexibility index (Phi) is 3.80. The zero-order valence-electron chi connectivity index (χ0n) is 7.08. The number of rotatable bonds is 5. The standard InChI is InChI=1S/C6H8N4O3S/c7-6-9-4(14-10-6)1-2-13-8-3-5(11)12/h3H,1-2H2,(H2,7,10)(H,11,12)/b8-3-. The lowest BCUT2D eigenvalue weighted by molar-refractivity contribution is -0.129. The fourth-order valence-corrected chi connectivity index (χ4v) is 1.19. The van der Waals surface area contributed by atoms with Crippen LogP contribution in [0.5, 0.6) is 0 Å². The molecule has 1 rings (SSSR count). The second-order valence-corrected chi connectivity index (χ2v) is 3.04. The zero-order valence-corrected chi connectivity index (χ0v) is 7.90. The van der Waals surface area contributed by atoms with Crippen LogP contribution in [0.2, 0.25) is 0 Å². The summed E-state index contributed by atoms with van der Waals surface area (Å²) in [5.74, 6) is -0.913. The number of aliphatic carboxylic acids is 1. The van der Waals surface area contributed by atoms with Gasteiger partial charge < -0.3 is 15.7 Å². The van der Waals surface area contributed by atoms with Crippen molar-refractivity contribution in [2.24, 2.45) is 5.16 Å². The van der Waals surface area contributed by atoms with Crippen LogP contribution >= 0.6 is 11.5 Å². The van der Waals surface area contributed by atoms with Crippen LogP contribution in [0.15, 0.2) is 5.16 Å². The van der Waals surface area contributed by atoms with Crippen molar-refractivity contribution in [3.8, 4) is 0 Å². The van der Waals surface area contributed by atoms with Crippen molar-refractivity contribution in [2.75, 3.05) is 12.3 Å². The molecule has 7 nitrogen and oxygen atoms in total. The van der Waals surface area contributed by atoms with Gasteiger partial charge in [-0.1, -0.05) is 5.16 Å². The molecule has 0 saturated heterocycles. The molecule has 0 fully saturated rings. The molecule has 0 unspecified atom stereocenters. The van der Waals surface area contributed by atoms with E-state index < -0.39 is 5.97 Å². The van der Waals surface area contributed by atoms with Crippen molar-refractivity contribution < 1.29 is 14.7 Å². The minimum Gasteiger partial charge on any atom is -0.477 e. The summed E-state index contributed by atoms with van der Waals surface area (Å²) in [6.45, 7) is 0.248. The van der Waals surface area contributed by atoms with Gasteiger partial charge in [0.1, 0.15) is 11.6 Å². The molecule has 0 aliphatic carbocycles. The number of nitrogen functional groups attached to an aromatic ring is 1. The van der Waals surface area contributed by atoms with Crippen LogP contribution in [0.25, 0.3) is 0 Å². The quantitative estimate of drug-likeness (QED) is 0.399. The average molecular weight is 216 g/mol. The Balaban J connectivity index is 2.19. The lowest BCUT2D eigenvalue weighted by atomic mass is 10.5. The Hall–Kier alpha value is -1.70. The van der Waals surface area contributed by atoms with Crippen LogP contribution in [0, 0.1) is 0 Å². The van der Waals surface area contributed by atoms with Gasteiger partial charge in [-0.05, 0) is 11.5 Å².